The van der Waals surface area contributed by atoms with E-state index in [0.29, 0.717) is 0 Å². The quantitative estimate of drug-likeness (QED) is 0.331. The van der Waals surface area contributed by atoms with Gasteiger partial charge in [-0.2, -0.15) is 0 Å². The number of aryl methyl sites for hydroxylation is 1. The van der Waals surface area contributed by atoms with E-state index in [1.54, 1.807) is 12.1 Å². The molecule has 0 atom stereocenters. The van der Waals surface area contributed by atoms with Gasteiger partial charge in [0.2, 0.25) is 0 Å². The highest BCUT2D eigenvalue weighted by Gasteiger charge is 2.04. The highest BCUT2D eigenvalue weighted by Crippen LogP contribution is 2.13. The zero-order valence-corrected chi connectivity index (χ0v) is 14.2. The van der Waals surface area contributed by atoms with Crippen LogP contribution in [-0.2, 0) is 6.42 Å². The third-order valence-electron chi connectivity index (χ3n) is 3.23. The van der Waals surface area contributed by atoms with Gasteiger partial charge in [-0.15, -0.1) is 24.0 Å². The maximum Gasteiger partial charge on any atom is 0.269 e. The predicted molar refractivity (Wildman–Crippen MR) is 94.4 cm³/mol. The fraction of sp³-hybridized carbons (Fsp3) is 0.500. The van der Waals surface area contributed by atoms with E-state index >= 15 is 0 Å². The highest BCUT2D eigenvalue weighted by molar-refractivity contribution is 14.0. The minimum Gasteiger partial charge on any atom is -0.356 e. The standard InChI is InChI=1S/C14H20N4O2.HI/c19-18(20)13-7-5-12(6-8-13)4-1-2-9-15-14-16-10-3-11-17-14;/h5-8H,1-4,9-11H2,(H2,15,16,17);1H. The average molecular weight is 404 g/mol. The van der Waals surface area contributed by atoms with Crippen LogP contribution in [0.15, 0.2) is 29.3 Å². The van der Waals surface area contributed by atoms with Gasteiger partial charge >= 0.3 is 0 Å². The summed E-state index contributed by atoms with van der Waals surface area (Å²) in [4.78, 5) is 14.5. The Morgan fingerprint density at radius 3 is 2.67 bits per heavy atom. The second-order valence-electron chi connectivity index (χ2n) is 4.82. The molecule has 0 radical (unpaired) electrons. The zero-order chi connectivity index (χ0) is 14.2. The van der Waals surface area contributed by atoms with Crippen LogP contribution in [0.4, 0.5) is 5.69 Å². The van der Waals surface area contributed by atoms with E-state index in [1.807, 2.05) is 12.1 Å². The van der Waals surface area contributed by atoms with E-state index in [-0.39, 0.29) is 34.6 Å². The molecule has 1 aromatic rings. The van der Waals surface area contributed by atoms with Crippen molar-refractivity contribution in [2.24, 2.45) is 4.99 Å². The first kappa shape index (κ1) is 17.7. The van der Waals surface area contributed by atoms with Gasteiger partial charge in [-0.05, 0) is 31.2 Å². The van der Waals surface area contributed by atoms with Crippen LogP contribution in [0.2, 0.25) is 0 Å². The van der Waals surface area contributed by atoms with Crippen molar-refractivity contribution in [3.63, 3.8) is 0 Å². The molecule has 116 valence electrons. The molecule has 0 amide bonds. The van der Waals surface area contributed by atoms with E-state index < -0.39 is 0 Å². The van der Waals surface area contributed by atoms with E-state index in [9.17, 15) is 10.1 Å². The molecule has 1 heterocycles. The molecule has 1 aliphatic heterocycles. The Bertz CT molecular complexity index is 476. The van der Waals surface area contributed by atoms with Gasteiger partial charge in [0.15, 0.2) is 5.96 Å². The average Bonchev–Trinajstić information content (AvgIpc) is 2.48. The monoisotopic (exact) mass is 404 g/mol. The number of nitrogens with one attached hydrogen (secondary N) is 2. The van der Waals surface area contributed by atoms with E-state index in [2.05, 4.69) is 15.6 Å². The molecular formula is C14H21IN4O2. The Morgan fingerprint density at radius 2 is 2.05 bits per heavy atom. The van der Waals surface area contributed by atoms with Crippen LogP contribution in [0.5, 0.6) is 0 Å². The smallest absolute Gasteiger partial charge is 0.269 e. The van der Waals surface area contributed by atoms with Crippen molar-refractivity contribution in [1.82, 2.24) is 10.6 Å². The third-order valence-corrected chi connectivity index (χ3v) is 3.23. The predicted octanol–water partition coefficient (Wildman–Crippen LogP) is 2.47. The van der Waals surface area contributed by atoms with Crippen LogP contribution in [0.1, 0.15) is 24.8 Å². The summed E-state index contributed by atoms with van der Waals surface area (Å²) in [6.45, 7) is 2.80. The summed E-state index contributed by atoms with van der Waals surface area (Å²) in [7, 11) is 0. The van der Waals surface area contributed by atoms with Crippen LogP contribution in [-0.4, -0.2) is 30.5 Å². The number of halogens is 1. The molecule has 0 bridgehead atoms. The number of rotatable bonds is 6. The molecule has 2 N–H and O–H groups in total. The number of benzene rings is 1. The SMILES string of the molecule is I.O=[N+]([O-])c1ccc(CCCCNC2=NCCCN2)cc1. The number of guanidine groups is 1. The third kappa shape index (κ3) is 6.28. The molecule has 1 aromatic carbocycles. The van der Waals surface area contributed by atoms with Crippen molar-refractivity contribution in [3.05, 3.63) is 39.9 Å². The van der Waals surface area contributed by atoms with Crippen molar-refractivity contribution in [2.45, 2.75) is 25.7 Å². The number of hydrogen-bond donors (Lipinski definition) is 2. The lowest BCUT2D eigenvalue weighted by atomic mass is 10.1. The maximum absolute atomic E-state index is 10.5. The molecule has 0 aromatic heterocycles. The Labute approximate surface area is 141 Å². The van der Waals surface area contributed by atoms with E-state index in [1.165, 1.54) is 0 Å². The second kappa shape index (κ2) is 9.54. The summed E-state index contributed by atoms with van der Waals surface area (Å²) < 4.78 is 0. The van der Waals surface area contributed by atoms with Crippen LogP contribution < -0.4 is 10.6 Å². The molecule has 1 aliphatic rings. The minimum absolute atomic E-state index is 0. The zero-order valence-electron chi connectivity index (χ0n) is 11.9. The fourth-order valence-electron chi connectivity index (χ4n) is 2.10. The largest absolute Gasteiger partial charge is 0.356 e. The van der Waals surface area contributed by atoms with Gasteiger partial charge in [-0.3, -0.25) is 15.1 Å². The summed E-state index contributed by atoms with van der Waals surface area (Å²) in [6.07, 6.45) is 4.15. The molecule has 0 spiro atoms. The lowest BCUT2D eigenvalue weighted by molar-refractivity contribution is -0.384. The molecule has 7 heteroatoms. The van der Waals surface area contributed by atoms with Crippen LogP contribution in [0, 0.1) is 10.1 Å². The molecule has 0 unspecified atom stereocenters. The van der Waals surface area contributed by atoms with Gasteiger partial charge in [-0.1, -0.05) is 12.1 Å². The minimum atomic E-state index is -0.369. The van der Waals surface area contributed by atoms with Crippen molar-refractivity contribution in [3.8, 4) is 0 Å². The first-order valence-electron chi connectivity index (χ1n) is 7.01. The first-order chi connectivity index (χ1) is 9.75. The maximum atomic E-state index is 10.5. The molecule has 21 heavy (non-hydrogen) atoms. The van der Waals surface area contributed by atoms with Gasteiger partial charge < -0.3 is 10.6 Å². The van der Waals surface area contributed by atoms with Crippen LogP contribution >= 0.6 is 24.0 Å². The number of non-ortho nitro benzene ring substituents is 1. The van der Waals surface area contributed by atoms with E-state index in [0.717, 1.165) is 56.8 Å². The van der Waals surface area contributed by atoms with E-state index in [4.69, 9.17) is 0 Å². The number of aliphatic imine (C=N–C) groups is 1. The number of hydrogen-bond acceptors (Lipinski definition) is 5. The van der Waals surface area contributed by atoms with Gasteiger partial charge in [0.25, 0.3) is 5.69 Å². The topological polar surface area (TPSA) is 79.6 Å². The van der Waals surface area contributed by atoms with Gasteiger partial charge in [0.1, 0.15) is 0 Å². The summed E-state index contributed by atoms with van der Waals surface area (Å²) in [5, 5.41) is 17.0. The molecule has 0 saturated heterocycles. The number of nitro benzene ring substituents is 1. The number of nitrogens with zero attached hydrogens (tertiary/aromatic N) is 2. The molecule has 6 nitrogen and oxygen atoms in total. The Morgan fingerprint density at radius 1 is 1.29 bits per heavy atom. The van der Waals surface area contributed by atoms with Crippen molar-refractivity contribution < 1.29 is 4.92 Å². The number of unbranched alkanes of at least 4 members (excludes halogenated alkanes) is 1. The van der Waals surface area contributed by atoms with Crippen LogP contribution in [0.3, 0.4) is 0 Å². The van der Waals surface area contributed by atoms with Crippen LogP contribution in [0.25, 0.3) is 0 Å². The molecular weight excluding hydrogens is 383 g/mol. The molecule has 0 aliphatic carbocycles. The molecule has 0 fully saturated rings. The number of nitro groups is 1. The Hall–Kier alpha value is -1.38. The van der Waals surface area contributed by atoms with Crippen molar-refractivity contribution in [1.29, 1.82) is 0 Å². The summed E-state index contributed by atoms with van der Waals surface area (Å²) in [5.74, 6) is 0.909. The lowest BCUT2D eigenvalue weighted by Gasteiger charge is -2.15. The summed E-state index contributed by atoms with van der Waals surface area (Å²) in [5.41, 5.74) is 1.29. The van der Waals surface area contributed by atoms with Gasteiger partial charge in [0, 0.05) is 31.8 Å². The summed E-state index contributed by atoms with van der Waals surface area (Å²) >= 11 is 0. The first-order valence-corrected chi connectivity index (χ1v) is 7.01. The lowest BCUT2D eigenvalue weighted by Crippen LogP contribution is -2.41. The van der Waals surface area contributed by atoms with Gasteiger partial charge in [0.05, 0.1) is 4.92 Å². The van der Waals surface area contributed by atoms with Crippen molar-refractivity contribution in [2.75, 3.05) is 19.6 Å². The Kier molecular flexibility index (Phi) is 8.03. The Balaban J connectivity index is 0.00000220. The van der Waals surface area contributed by atoms with Gasteiger partial charge in [-0.25, -0.2) is 0 Å². The summed E-state index contributed by atoms with van der Waals surface area (Å²) in [6, 6.07) is 6.79. The van der Waals surface area contributed by atoms with Crippen molar-refractivity contribution >= 4 is 35.6 Å². The molecule has 0 saturated carbocycles. The molecule has 2 rings (SSSR count). The second-order valence-corrected chi connectivity index (χ2v) is 4.82. The fourth-order valence-corrected chi connectivity index (χ4v) is 2.10. The highest BCUT2D eigenvalue weighted by atomic mass is 127. The normalized spacial score (nSPS) is 13.6.